The topological polar surface area (TPSA) is 87.1 Å². The summed E-state index contributed by atoms with van der Waals surface area (Å²) in [6, 6.07) is 6.43. The molecule has 1 aromatic carbocycles. The lowest BCUT2D eigenvalue weighted by Gasteiger charge is -2.37. The number of carbonyl (C=O) groups is 3. The highest BCUT2D eigenvalue weighted by molar-refractivity contribution is 8.02. The van der Waals surface area contributed by atoms with Gasteiger partial charge in [0.05, 0.1) is 33.9 Å². The Labute approximate surface area is 240 Å². The van der Waals surface area contributed by atoms with E-state index in [1.165, 1.54) is 0 Å². The van der Waals surface area contributed by atoms with Gasteiger partial charge in [-0.3, -0.25) is 14.4 Å². The van der Waals surface area contributed by atoms with E-state index in [2.05, 4.69) is 13.2 Å². The fourth-order valence-electron chi connectivity index (χ4n) is 6.62. The number of likely N-dealkylation sites (tertiary alicyclic amines) is 1. The summed E-state index contributed by atoms with van der Waals surface area (Å²) in [5.41, 5.74) is 0.568. The van der Waals surface area contributed by atoms with Crippen LogP contribution < -0.4 is 4.90 Å². The number of allylic oxidation sites excluding steroid dienone is 1. The first-order valence-corrected chi connectivity index (χ1v) is 15.0. The van der Waals surface area contributed by atoms with Gasteiger partial charge in [0.2, 0.25) is 5.91 Å². The summed E-state index contributed by atoms with van der Waals surface area (Å²) in [6.45, 7) is 10.6. The molecule has 3 heterocycles. The average molecular weight is 575 g/mol. The quantitative estimate of drug-likeness (QED) is 0.191. The highest BCUT2D eigenvalue weighted by Crippen LogP contribution is 2.71. The number of rotatable bonds is 14. The molecule has 3 aliphatic heterocycles. The molecule has 1 aromatic rings. The summed E-state index contributed by atoms with van der Waals surface area (Å²) >= 11 is 8.16. The lowest BCUT2D eigenvalue weighted by atomic mass is 9.66. The number of hydrogen-bond donors (Lipinski definition) is 1. The highest BCUT2D eigenvalue weighted by Gasteiger charge is 2.77. The molecule has 2 amide bonds. The van der Waals surface area contributed by atoms with Gasteiger partial charge in [0.15, 0.2) is 0 Å². The van der Waals surface area contributed by atoms with Crippen LogP contribution in [-0.2, 0) is 19.1 Å². The molecule has 3 fully saturated rings. The number of para-hydroxylation sites is 1. The Morgan fingerprint density at radius 1 is 1.21 bits per heavy atom. The molecule has 3 saturated heterocycles. The minimum absolute atomic E-state index is 0.0798. The fourth-order valence-corrected chi connectivity index (χ4v) is 9.20. The van der Waals surface area contributed by atoms with Gasteiger partial charge >= 0.3 is 5.97 Å². The van der Waals surface area contributed by atoms with Gasteiger partial charge < -0.3 is 19.6 Å². The number of aliphatic hydroxyl groups excluding tert-OH is 1. The van der Waals surface area contributed by atoms with Crippen LogP contribution in [0.15, 0.2) is 49.6 Å². The Balaban J connectivity index is 1.71. The van der Waals surface area contributed by atoms with Gasteiger partial charge in [-0.25, -0.2) is 0 Å². The molecule has 212 valence electrons. The second kappa shape index (κ2) is 12.5. The predicted molar refractivity (Wildman–Crippen MR) is 156 cm³/mol. The molecule has 0 radical (unpaired) electrons. The van der Waals surface area contributed by atoms with Crippen molar-refractivity contribution in [2.24, 2.45) is 11.8 Å². The number of nitrogens with zero attached hydrogens (tertiary/aromatic N) is 2. The number of carbonyl (C=O) groups excluding carboxylic acids is 3. The van der Waals surface area contributed by atoms with Crippen LogP contribution in [0.1, 0.15) is 51.9 Å². The van der Waals surface area contributed by atoms with Gasteiger partial charge in [-0.1, -0.05) is 35.9 Å². The van der Waals surface area contributed by atoms with Crippen molar-refractivity contribution in [2.45, 2.75) is 67.4 Å². The van der Waals surface area contributed by atoms with E-state index < -0.39 is 27.4 Å². The zero-order valence-corrected chi connectivity index (χ0v) is 24.2. The van der Waals surface area contributed by atoms with E-state index in [1.54, 1.807) is 45.8 Å². The molecule has 5 atom stereocenters. The van der Waals surface area contributed by atoms with E-state index in [0.717, 1.165) is 19.3 Å². The van der Waals surface area contributed by atoms with Gasteiger partial charge in [0, 0.05) is 24.4 Å². The molecule has 1 spiro atoms. The first-order valence-electron chi connectivity index (χ1n) is 13.8. The molecule has 3 aliphatic rings. The number of hydrogen-bond acceptors (Lipinski definition) is 6. The van der Waals surface area contributed by atoms with Crippen molar-refractivity contribution in [1.82, 2.24) is 4.90 Å². The Morgan fingerprint density at radius 2 is 1.97 bits per heavy atom. The number of benzene rings is 1. The minimum Gasteiger partial charge on any atom is -0.465 e. The number of amides is 2. The van der Waals surface area contributed by atoms with E-state index in [0.29, 0.717) is 42.9 Å². The third-order valence-corrected chi connectivity index (χ3v) is 10.6. The van der Waals surface area contributed by atoms with Crippen LogP contribution in [-0.4, -0.2) is 69.6 Å². The zero-order chi connectivity index (χ0) is 28.2. The van der Waals surface area contributed by atoms with E-state index in [-0.39, 0.29) is 37.5 Å². The van der Waals surface area contributed by atoms with Gasteiger partial charge in [0.25, 0.3) is 5.91 Å². The predicted octanol–water partition coefficient (Wildman–Crippen LogP) is 5.01. The zero-order valence-electron chi connectivity index (χ0n) is 22.6. The van der Waals surface area contributed by atoms with Crippen molar-refractivity contribution in [3.8, 4) is 0 Å². The van der Waals surface area contributed by atoms with Crippen molar-refractivity contribution in [3.63, 3.8) is 0 Å². The average Bonchev–Trinajstić information content (AvgIpc) is 3.48. The second-order valence-electron chi connectivity index (χ2n) is 10.8. The van der Waals surface area contributed by atoms with Crippen LogP contribution in [0.2, 0.25) is 5.02 Å². The number of ether oxygens (including phenoxy) is 1. The van der Waals surface area contributed by atoms with Crippen LogP contribution in [0.3, 0.4) is 0 Å². The summed E-state index contributed by atoms with van der Waals surface area (Å²) in [4.78, 5) is 45.5. The maximum atomic E-state index is 14.5. The maximum absolute atomic E-state index is 14.5. The van der Waals surface area contributed by atoms with Gasteiger partial charge in [-0.2, -0.15) is 0 Å². The summed E-state index contributed by atoms with van der Waals surface area (Å²) in [5, 5.41) is 9.70. The van der Waals surface area contributed by atoms with Gasteiger partial charge in [-0.15, -0.1) is 24.9 Å². The number of anilines is 1. The molecule has 9 heteroatoms. The normalized spacial score (nSPS) is 28.8. The SMILES string of the molecule is C=CCCCOC(=O)[C@H]1[C@H]2C(=O)N(CCCCCO)C(C(=O)N(CC=C)c3ccccc3Cl)C23CC[C@]1(C)S3. The van der Waals surface area contributed by atoms with Crippen LogP contribution in [0, 0.1) is 11.8 Å². The second-order valence-corrected chi connectivity index (χ2v) is 13.1. The molecular formula is C30H39ClN2O5S. The molecule has 2 unspecified atom stereocenters. The molecule has 0 aromatic heterocycles. The van der Waals surface area contributed by atoms with E-state index >= 15 is 0 Å². The van der Waals surface area contributed by atoms with E-state index in [1.807, 2.05) is 19.1 Å². The largest absolute Gasteiger partial charge is 0.465 e. The first kappa shape index (κ1) is 29.7. The van der Waals surface area contributed by atoms with Crippen LogP contribution in [0.5, 0.6) is 0 Å². The Hall–Kier alpha value is -2.29. The molecule has 0 saturated carbocycles. The minimum atomic E-state index is -0.745. The molecule has 1 N–H and O–H groups in total. The van der Waals surface area contributed by atoms with Crippen molar-refractivity contribution >= 4 is 46.8 Å². The molecule has 4 rings (SSSR count). The number of thioether (sulfide) groups is 1. The third kappa shape index (κ3) is 5.40. The lowest BCUT2D eigenvalue weighted by Crippen LogP contribution is -2.55. The Bertz CT molecular complexity index is 1110. The van der Waals surface area contributed by atoms with Crippen LogP contribution in [0.25, 0.3) is 0 Å². The summed E-state index contributed by atoms with van der Waals surface area (Å²) in [5.74, 6) is -1.96. The van der Waals surface area contributed by atoms with Crippen molar-refractivity contribution in [2.75, 3.05) is 31.2 Å². The van der Waals surface area contributed by atoms with Crippen molar-refractivity contribution in [1.29, 1.82) is 0 Å². The maximum Gasteiger partial charge on any atom is 0.311 e. The molecule has 7 nitrogen and oxygen atoms in total. The van der Waals surface area contributed by atoms with Crippen LogP contribution in [0.4, 0.5) is 5.69 Å². The molecule has 0 aliphatic carbocycles. The van der Waals surface area contributed by atoms with E-state index in [9.17, 15) is 19.5 Å². The number of unbranched alkanes of at least 4 members (excludes halogenated alkanes) is 3. The number of halogens is 1. The summed E-state index contributed by atoms with van der Waals surface area (Å²) in [6.07, 6.45) is 8.29. The van der Waals surface area contributed by atoms with Gasteiger partial charge in [-0.05, 0) is 64.0 Å². The van der Waals surface area contributed by atoms with Crippen molar-refractivity contribution in [3.05, 3.63) is 54.6 Å². The standard InChI is InChI=1S/C30H39ClN2O5S/c1-4-6-12-20-38-28(37)24-23-26(35)33(18-10-7-11-19-34)25(30(23)16-15-29(24,3)39-30)27(36)32(17-5-2)22-14-9-8-13-21(22)31/h4-5,8-9,13-14,23-25,34H,1-2,6-7,10-12,15-20H2,3H3/t23-,24+,25?,29-,30?/m0/s1. The van der Waals surface area contributed by atoms with E-state index in [4.69, 9.17) is 16.3 Å². The summed E-state index contributed by atoms with van der Waals surface area (Å²) < 4.78 is 4.48. The lowest BCUT2D eigenvalue weighted by molar-refractivity contribution is -0.155. The number of aliphatic hydroxyl groups is 1. The molecule has 2 bridgehead atoms. The number of fused-ring (bicyclic) bond motifs is 1. The number of esters is 1. The van der Waals surface area contributed by atoms with Gasteiger partial charge in [0.1, 0.15) is 6.04 Å². The Kier molecular flexibility index (Phi) is 9.50. The third-order valence-electron chi connectivity index (χ3n) is 8.34. The molecule has 39 heavy (non-hydrogen) atoms. The monoisotopic (exact) mass is 574 g/mol. The summed E-state index contributed by atoms with van der Waals surface area (Å²) in [7, 11) is 0. The Morgan fingerprint density at radius 3 is 2.67 bits per heavy atom. The molecular weight excluding hydrogens is 536 g/mol. The van der Waals surface area contributed by atoms with Crippen LogP contribution >= 0.6 is 23.4 Å². The first-order chi connectivity index (χ1) is 18.8. The fraction of sp³-hybridized carbons (Fsp3) is 0.567. The van der Waals surface area contributed by atoms with Crippen molar-refractivity contribution < 1.29 is 24.2 Å². The highest BCUT2D eigenvalue weighted by atomic mass is 35.5. The smallest absolute Gasteiger partial charge is 0.311 e.